The van der Waals surface area contributed by atoms with Crippen LogP contribution in [-0.4, -0.2) is 37.6 Å². The van der Waals surface area contributed by atoms with E-state index < -0.39 is 15.9 Å². The molecule has 3 rings (SSSR count). The number of carbonyl (C=O) groups is 2. The van der Waals surface area contributed by atoms with E-state index in [0.717, 1.165) is 0 Å². The lowest BCUT2D eigenvalue weighted by Gasteiger charge is -2.30. The zero-order chi connectivity index (χ0) is 19.4. The van der Waals surface area contributed by atoms with E-state index in [-0.39, 0.29) is 35.4 Å². The van der Waals surface area contributed by atoms with Gasteiger partial charge in [-0.05, 0) is 37.1 Å². The molecule has 8 heteroatoms. The zero-order valence-corrected chi connectivity index (χ0v) is 15.5. The fraction of sp³-hybridized carbons (Fsp3) is 0.263. The van der Waals surface area contributed by atoms with E-state index >= 15 is 0 Å². The largest absolute Gasteiger partial charge is 0.366 e. The van der Waals surface area contributed by atoms with E-state index in [2.05, 4.69) is 5.32 Å². The number of carbonyl (C=O) groups excluding carboxylic acids is 2. The summed E-state index contributed by atoms with van der Waals surface area (Å²) in [4.78, 5) is 23.9. The number of rotatable bonds is 5. The SMILES string of the molecule is NC(=O)c1ccccc1S(=O)(=O)N1CCC(C(=O)Nc2ccccc2)CC1. The van der Waals surface area contributed by atoms with Gasteiger partial charge in [0, 0.05) is 24.7 Å². The van der Waals surface area contributed by atoms with E-state index in [1.54, 1.807) is 24.3 Å². The second-order valence-electron chi connectivity index (χ2n) is 6.39. The molecule has 7 nitrogen and oxygen atoms in total. The average Bonchev–Trinajstić information content (AvgIpc) is 2.69. The summed E-state index contributed by atoms with van der Waals surface area (Å²) in [5, 5.41) is 2.85. The molecule has 0 unspecified atom stereocenters. The van der Waals surface area contributed by atoms with E-state index in [1.807, 2.05) is 18.2 Å². The van der Waals surface area contributed by atoms with Crippen LogP contribution in [0.15, 0.2) is 59.5 Å². The standard InChI is InChI=1S/C19H21N3O4S/c20-18(23)16-8-4-5-9-17(16)27(25,26)22-12-10-14(11-13-22)19(24)21-15-6-2-1-3-7-15/h1-9,14H,10-13H2,(H2,20,23)(H,21,24). The summed E-state index contributed by atoms with van der Waals surface area (Å²) in [6.45, 7) is 0.421. The molecule has 0 aromatic heterocycles. The van der Waals surface area contributed by atoms with Crippen LogP contribution in [0.4, 0.5) is 5.69 Å². The molecule has 0 saturated carbocycles. The molecule has 2 amide bonds. The van der Waals surface area contributed by atoms with Gasteiger partial charge in [0.2, 0.25) is 21.8 Å². The Balaban J connectivity index is 1.68. The van der Waals surface area contributed by atoms with Gasteiger partial charge in [0.15, 0.2) is 0 Å². The zero-order valence-electron chi connectivity index (χ0n) is 14.7. The second kappa shape index (κ2) is 7.89. The Morgan fingerprint density at radius 2 is 1.56 bits per heavy atom. The van der Waals surface area contributed by atoms with Crippen LogP contribution < -0.4 is 11.1 Å². The van der Waals surface area contributed by atoms with Crippen LogP contribution in [-0.2, 0) is 14.8 Å². The number of nitrogens with two attached hydrogens (primary N) is 1. The molecule has 1 heterocycles. The van der Waals surface area contributed by atoms with Crippen LogP contribution in [0.5, 0.6) is 0 Å². The highest BCUT2D eigenvalue weighted by Crippen LogP contribution is 2.26. The van der Waals surface area contributed by atoms with Crippen molar-refractivity contribution in [3.05, 3.63) is 60.2 Å². The first-order chi connectivity index (χ1) is 12.9. The number of amides is 2. The molecule has 1 aliphatic rings. The number of anilines is 1. The molecule has 0 radical (unpaired) electrons. The fourth-order valence-corrected chi connectivity index (χ4v) is 4.83. The third kappa shape index (κ3) is 4.17. The maximum absolute atomic E-state index is 12.9. The lowest BCUT2D eigenvalue weighted by molar-refractivity contribution is -0.120. The Hall–Kier alpha value is -2.71. The number of hydrogen-bond donors (Lipinski definition) is 2. The van der Waals surface area contributed by atoms with Crippen LogP contribution in [0.25, 0.3) is 0 Å². The van der Waals surface area contributed by atoms with E-state index in [9.17, 15) is 18.0 Å². The maximum Gasteiger partial charge on any atom is 0.250 e. The van der Waals surface area contributed by atoms with E-state index in [1.165, 1.54) is 16.4 Å². The topological polar surface area (TPSA) is 110 Å². The molecule has 0 spiro atoms. The lowest BCUT2D eigenvalue weighted by atomic mass is 9.97. The van der Waals surface area contributed by atoms with Gasteiger partial charge in [-0.15, -0.1) is 0 Å². The first-order valence-corrected chi connectivity index (χ1v) is 10.1. The van der Waals surface area contributed by atoms with Crippen molar-refractivity contribution in [1.82, 2.24) is 4.31 Å². The van der Waals surface area contributed by atoms with Crippen molar-refractivity contribution >= 4 is 27.5 Å². The molecule has 27 heavy (non-hydrogen) atoms. The van der Waals surface area contributed by atoms with Gasteiger partial charge in [-0.2, -0.15) is 4.31 Å². The summed E-state index contributed by atoms with van der Waals surface area (Å²) in [7, 11) is -3.84. The Morgan fingerprint density at radius 1 is 0.963 bits per heavy atom. The van der Waals surface area contributed by atoms with Gasteiger partial charge < -0.3 is 11.1 Å². The summed E-state index contributed by atoms with van der Waals surface area (Å²) in [5.41, 5.74) is 5.99. The summed E-state index contributed by atoms with van der Waals surface area (Å²) in [5.74, 6) is -1.16. The Bertz CT molecular complexity index is 936. The first-order valence-electron chi connectivity index (χ1n) is 8.64. The smallest absolute Gasteiger partial charge is 0.250 e. The number of sulfonamides is 1. The Morgan fingerprint density at radius 3 is 2.19 bits per heavy atom. The van der Waals surface area contributed by atoms with Crippen LogP contribution in [0.1, 0.15) is 23.2 Å². The molecular weight excluding hydrogens is 366 g/mol. The second-order valence-corrected chi connectivity index (χ2v) is 8.30. The van der Waals surface area contributed by atoms with Crippen LogP contribution in [0.2, 0.25) is 0 Å². The molecule has 1 fully saturated rings. The summed E-state index contributed by atoms with van der Waals surface area (Å²) < 4.78 is 27.1. The van der Waals surface area contributed by atoms with Crippen molar-refractivity contribution in [2.45, 2.75) is 17.7 Å². The van der Waals surface area contributed by atoms with Gasteiger partial charge in [0.05, 0.1) is 10.5 Å². The van der Waals surface area contributed by atoms with Crippen molar-refractivity contribution in [2.75, 3.05) is 18.4 Å². The predicted octanol–water partition coefficient (Wildman–Crippen LogP) is 1.82. The molecule has 0 aliphatic carbocycles. The Kier molecular flexibility index (Phi) is 5.57. The molecule has 1 saturated heterocycles. The first kappa shape index (κ1) is 19.1. The summed E-state index contributed by atoms with van der Waals surface area (Å²) in [6, 6.07) is 15.0. The van der Waals surface area contributed by atoms with Crippen LogP contribution in [0, 0.1) is 5.92 Å². The predicted molar refractivity (Wildman–Crippen MR) is 102 cm³/mol. The molecule has 2 aromatic rings. The minimum Gasteiger partial charge on any atom is -0.366 e. The van der Waals surface area contributed by atoms with E-state index in [0.29, 0.717) is 18.5 Å². The molecule has 142 valence electrons. The summed E-state index contributed by atoms with van der Waals surface area (Å²) >= 11 is 0. The van der Waals surface area contributed by atoms with Crippen molar-refractivity contribution < 1.29 is 18.0 Å². The maximum atomic E-state index is 12.9. The average molecular weight is 387 g/mol. The number of hydrogen-bond acceptors (Lipinski definition) is 4. The van der Waals surface area contributed by atoms with Gasteiger partial charge in [0.25, 0.3) is 0 Å². The lowest BCUT2D eigenvalue weighted by Crippen LogP contribution is -2.41. The molecule has 2 aromatic carbocycles. The summed E-state index contributed by atoms with van der Waals surface area (Å²) in [6.07, 6.45) is 0.827. The van der Waals surface area contributed by atoms with Gasteiger partial charge in [-0.3, -0.25) is 9.59 Å². The number of nitrogens with one attached hydrogen (secondary N) is 1. The number of nitrogens with zero attached hydrogens (tertiary/aromatic N) is 1. The molecule has 0 atom stereocenters. The number of para-hydroxylation sites is 1. The molecule has 1 aliphatic heterocycles. The van der Waals surface area contributed by atoms with Gasteiger partial charge in [0.1, 0.15) is 0 Å². The van der Waals surface area contributed by atoms with Crippen molar-refractivity contribution in [2.24, 2.45) is 11.7 Å². The van der Waals surface area contributed by atoms with Crippen molar-refractivity contribution in [1.29, 1.82) is 0 Å². The third-order valence-corrected chi connectivity index (χ3v) is 6.59. The highest BCUT2D eigenvalue weighted by atomic mass is 32.2. The Labute approximate surface area is 158 Å². The van der Waals surface area contributed by atoms with Crippen LogP contribution in [0.3, 0.4) is 0 Å². The molecule has 0 bridgehead atoms. The fourth-order valence-electron chi connectivity index (χ4n) is 3.16. The molecular formula is C19H21N3O4S. The highest BCUT2D eigenvalue weighted by molar-refractivity contribution is 7.89. The van der Waals surface area contributed by atoms with Crippen LogP contribution >= 0.6 is 0 Å². The monoisotopic (exact) mass is 387 g/mol. The quantitative estimate of drug-likeness (QED) is 0.815. The third-order valence-electron chi connectivity index (χ3n) is 4.64. The minimum absolute atomic E-state index is 0.0264. The number of primary amides is 1. The van der Waals surface area contributed by atoms with E-state index in [4.69, 9.17) is 5.73 Å². The molecule has 3 N–H and O–H groups in total. The van der Waals surface area contributed by atoms with Gasteiger partial charge >= 0.3 is 0 Å². The van der Waals surface area contributed by atoms with Gasteiger partial charge in [-0.25, -0.2) is 8.42 Å². The number of piperidine rings is 1. The normalized spacial score (nSPS) is 16.0. The highest BCUT2D eigenvalue weighted by Gasteiger charge is 2.33. The number of benzene rings is 2. The van der Waals surface area contributed by atoms with Gasteiger partial charge in [-0.1, -0.05) is 30.3 Å². The van der Waals surface area contributed by atoms with Crippen molar-refractivity contribution in [3.63, 3.8) is 0 Å². The van der Waals surface area contributed by atoms with Crippen molar-refractivity contribution in [3.8, 4) is 0 Å². The minimum atomic E-state index is -3.84.